The molecule has 1 heteroatoms. The van der Waals surface area contributed by atoms with Crippen LogP contribution in [-0.2, 0) is 0 Å². The van der Waals surface area contributed by atoms with Crippen molar-refractivity contribution in [1.82, 2.24) is 0 Å². The number of hydrogen-bond acceptors (Lipinski definition) is 1. The predicted octanol–water partition coefficient (Wildman–Crippen LogP) is 3.22. The Balaban J connectivity index is 4.11. The van der Waals surface area contributed by atoms with Crippen LogP contribution < -0.4 is 0 Å². The van der Waals surface area contributed by atoms with E-state index in [-0.39, 0.29) is 0 Å². The maximum absolute atomic E-state index is 10.1. The lowest BCUT2D eigenvalue weighted by Crippen LogP contribution is -2.35. The SMILES string of the molecule is CCC(O)(CC)C(C)CC(C)C. The Kier molecular flexibility index (Phi) is 4.84. The molecule has 74 valence electrons. The molecule has 0 aliphatic rings. The molecule has 0 aromatic rings. The fraction of sp³-hybridized carbons (Fsp3) is 1.00. The zero-order valence-electron chi connectivity index (χ0n) is 9.22. The molecule has 0 aliphatic heterocycles. The molecule has 12 heavy (non-hydrogen) atoms. The Hall–Kier alpha value is -0.0400. The maximum Gasteiger partial charge on any atom is 0.0668 e. The number of rotatable bonds is 5. The second-order valence-electron chi connectivity index (χ2n) is 4.34. The van der Waals surface area contributed by atoms with Crippen molar-refractivity contribution < 1.29 is 5.11 Å². The standard InChI is InChI=1S/C11H24O/c1-6-11(12,7-2)10(5)8-9(3)4/h9-10,12H,6-8H2,1-5H3. The van der Waals surface area contributed by atoms with E-state index in [1.807, 2.05) is 0 Å². The van der Waals surface area contributed by atoms with E-state index in [4.69, 9.17) is 0 Å². The summed E-state index contributed by atoms with van der Waals surface area (Å²) in [4.78, 5) is 0. The van der Waals surface area contributed by atoms with E-state index in [0.29, 0.717) is 11.8 Å². The third kappa shape index (κ3) is 3.14. The van der Waals surface area contributed by atoms with E-state index in [1.54, 1.807) is 0 Å². The lowest BCUT2D eigenvalue weighted by molar-refractivity contribution is -0.0261. The van der Waals surface area contributed by atoms with Gasteiger partial charge in [0.2, 0.25) is 0 Å². The topological polar surface area (TPSA) is 20.2 Å². The van der Waals surface area contributed by atoms with E-state index in [1.165, 1.54) is 0 Å². The van der Waals surface area contributed by atoms with E-state index in [9.17, 15) is 5.11 Å². The van der Waals surface area contributed by atoms with Gasteiger partial charge in [0, 0.05) is 0 Å². The van der Waals surface area contributed by atoms with E-state index < -0.39 is 5.60 Å². The molecule has 0 bridgehead atoms. The zero-order valence-corrected chi connectivity index (χ0v) is 9.22. The molecule has 0 saturated heterocycles. The molecule has 1 N–H and O–H groups in total. The van der Waals surface area contributed by atoms with Gasteiger partial charge in [-0.05, 0) is 31.1 Å². The molecule has 1 atom stereocenters. The van der Waals surface area contributed by atoms with Gasteiger partial charge in [-0.2, -0.15) is 0 Å². The highest BCUT2D eigenvalue weighted by Gasteiger charge is 2.29. The van der Waals surface area contributed by atoms with Gasteiger partial charge in [-0.15, -0.1) is 0 Å². The normalized spacial score (nSPS) is 15.2. The number of aliphatic hydroxyl groups is 1. The first-order chi connectivity index (χ1) is 5.46. The third-order valence-electron chi connectivity index (χ3n) is 2.97. The first-order valence-electron chi connectivity index (χ1n) is 5.18. The van der Waals surface area contributed by atoms with Crippen LogP contribution in [0, 0.1) is 11.8 Å². The summed E-state index contributed by atoms with van der Waals surface area (Å²) in [7, 11) is 0. The van der Waals surface area contributed by atoms with Gasteiger partial charge in [-0.1, -0.05) is 34.6 Å². The second kappa shape index (κ2) is 4.86. The molecule has 0 aliphatic carbocycles. The van der Waals surface area contributed by atoms with E-state index in [0.717, 1.165) is 19.3 Å². The minimum absolute atomic E-state index is 0.424. The lowest BCUT2D eigenvalue weighted by atomic mass is 9.79. The summed E-state index contributed by atoms with van der Waals surface area (Å²) in [6.45, 7) is 10.7. The van der Waals surface area contributed by atoms with Gasteiger partial charge in [0.1, 0.15) is 0 Å². The van der Waals surface area contributed by atoms with Crippen molar-refractivity contribution >= 4 is 0 Å². The van der Waals surface area contributed by atoms with Crippen LogP contribution in [0.2, 0.25) is 0 Å². The van der Waals surface area contributed by atoms with Crippen LogP contribution in [0.15, 0.2) is 0 Å². The predicted molar refractivity (Wildman–Crippen MR) is 54.2 cm³/mol. The summed E-state index contributed by atoms with van der Waals surface area (Å²) in [6.07, 6.45) is 2.87. The van der Waals surface area contributed by atoms with Crippen molar-refractivity contribution in [3.63, 3.8) is 0 Å². The van der Waals surface area contributed by atoms with E-state index in [2.05, 4.69) is 34.6 Å². The Morgan fingerprint density at radius 1 is 1.08 bits per heavy atom. The third-order valence-corrected chi connectivity index (χ3v) is 2.97. The van der Waals surface area contributed by atoms with Crippen LogP contribution >= 0.6 is 0 Å². The molecule has 0 fully saturated rings. The van der Waals surface area contributed by atoms with Crippen LogP contribution in [0.5, 0.6) is 0 Å². The molecular weight excluding hydrogens is 148 g/mol. The van der Waals surface area contributed by atoms with Gasteiger partial charge in [0.15, 0.2) is 0 Å². The van der Waals surface area contributed by atoms with Crippen molar-refractivity contribution in [3.05, 3.63) is 0 Å². The quantitative estimate of drug-likeness (QED) is 0.675. The smallest absolute Gasteiger partial charge is 0.0668 e. The number of hydrogen-bond donors (Lipinski definition) is 1. The average Bonchev–Trinajstić information content (AvgIpc) is 2.02. The van der Waals surface area contributed by atoms with Crippen molar-refractivity contribution in [1.29, 1.82) is 0 Å². The fourth-order valence-electron chi connectivity index (χ4n) is 1.87. The summed E-state index contributed by atoms with van der Waals surface area (Å²) in [5.74, 6) is 1.11. The Labute approximate surface area is 77.2 Å². The van der Waals surface area contributed by atoms with Gasteiger partial charge < -0.3 is 5.11 Å². The molecule has 0 spiro atoms. The van der Waals surface area contributed by atoms with Gasteiger partial charge in [0.05, 0.1) is 5.60 Å². The highest BCUT2D eigenvalue weighted by Crippen LogP contribution is 2.29. The molecule has 1 nitrogen and oxygen atoms in total. The summed E-state index contributed by atoms with van der Waals surface area (Å²) >= 11 is 0. The van der Waals surface area contributed by atoms with E-state index >= 15 is 0 Å². The summed E-state index contributed by atoms with van der Waals surface area (Å²) in [6, 6.07) is 0. The van der Waals surface area contributed by atoms with Gasteiger partial charge >= 0.3 is 0 Å². The zero-order chi connectivity index (χ0) is 9.78. The van der Waals surface area contributed by atoms with Crippen molar-refractivity contribution in [2.45, 2.75) is 59.5 Å². The largest absolute Gasteiger partial charge is 0.390 e. The maximum atomic E-state index is 10.1. The van der Waals surface area contributed by atoms with Crippen LogP contribution in [0.25, 0.3) is 0 Å². The minimum Gasteiger partial charge on any atom is -0.390 e. The highest BCUT2D eigenvalue weighted by molar-refractivity contribution is 4.81. The molecule has 1 unspecified atom stereocenters. The molecule has 0 aromatic heterocycles. The van der Waals surface area contributed by atoms with Crippen LogP contribution in [0.1, 0.15) is 53.9 Å². The van der Waals surface area contributed by atoms with Crippen LogP contribution in [0.3, 0.4) is 0 Å². The van der Waals surface area contributed by atoms with Crippen LogP contribution in [-0.4, -0.2) is 10.7 Å². The van der Waals surface area contributed by atoms with Crippen molar-refractivity contribution in [2.24, 2.45) is 11.8 Å². The summed E-state index contributed by atoms with van der Waals surface area (Å²) in [5, 5.41) is 10.1. The van der Waals surface area contributed by atoms with Crippen molar-refractivity contribution in [3.8, 4) is 0 Å². The van der Waals surface area contributed by atoms with Gasteiger partial charge in [-0.3, -0.25) is 0 Å². The Bertz CT molecular complexity index is 114. The Morgan fingerprint density at radius 2 is 1.50 bits per heavy atom. The molecule has 0 aromatic carbocycles. The Morgan fingerprint density at radius 3 is 1.75 bits per heavy atom. The summed E-state index contributed by atoms with van der Waals surface area (Å²) < 4.78 is 0. The molecular formula is C11H24O. The van der Waals surface area contributed by atoms with Crippen LogP contribution in [0.4, 0.5) is 0 Å². The molecule has 0 heterocycles. The van der Waals surface area contributed by atoms with Gasteiger partial charge in [-0.25, -0.2) is 0 Å². The highest BCUT2D eigenvalue weighted by atomic mass is 16.3. The molecule has 0 amide bonds. The van der Waals surface area contributed by atoms with Gasteiger partial charge in [0.25, 0.3) is 0 Å². The average molecular weight is 172 g/mol. The fourth-order valence-corrected chi connectivity index (χ4v) is 1.87. The molecule has 0 radical (unpaired) electrons. The van der Waals surface area contributed by atoms with Crippen molar-refractivity contribution in [2.75, 3.05) is 0 Å². The lowest BCUT2D eigenvalue weighted by Gasteiger charge is -2.33. The molecule has 0 saturated carbocycles. The first kappa shape index (κ1) is 12.0. The monoisotopic (exact) mass is 172 g/mol. The first-order valence-corrected chi connectivity index (χ1v) is 5.18. The second-order valence-corrected chi connectivity index (χ2v) is 4.34. The summed E-state index contributed by atoms with van der Waals surface area (Å²) in [5.41, 5.74) is -0.426. The minimum atomic E-state index is -0.426. The molecule has 0 rings (SSSR count).